The van der Waals surface area contributed by atoms with Crippen LogP contribution in [0.2, 0.25) is 0 Å². The number of aliphatic hydroxyl groups excluding tert-OH is 6. The average Bonchev–Trinajstić information content (AvgIpc) is 2.83. The van der Waals surface area contributed by atoms with E-state index in [0.29, 0.717) is 19.3 Å². The second-order valence-corrected chi connectivity index (χ2v) is 8.50. The molecule has 2 aliphatic rings. The lowest BCUT2D eigenvalue weighted by Gasteiger charge is -2.47. The largest absolute Gasteiger partial charge is 0.469 e. The van der Waals surface area contributed by atoms with Gasteiger partial charge in [0.1, 0.15) is 48.8 Å². The van der Waals surface area contributed by atoms with Gasteiger partial charge in [-0.2, -0.15) is 0 Å². The van der Waals surface area contributed by atoms with Crippen molar-refractivity contribution in [3.63, 3.8) is 0 Å². The van der Waals surface area contributed by atoms with E-state index in [0.717, 1.165) is 0 Å². The van der Waals surface area contributed by atoms with Gasteiger partial charge in [0.05, 0.1) is 20.3 Å². The van der Waals surface area contributed by atoms with E-state index in [1.165, 1.54) is 14.0 Å². The van der Waals surface area contributed by atoms with Gasteiger partial charge in [-0.15, -0.1) is 0 Å². The molecule has 0 aromatic heterocycles. The number of hydrogen-bond acceptors (Lipinski definition) is 13. The van der Waals surface area contributed by atoms with Crippen molar-refractivity contribution in [3.05, 3.63) is 0 Å². The Morgan fingerprint density at radius 1 is 0.857 bits per heavy atom. The van der Waals surface area contributed by atoms with Crippen LogP contribution >= 0.6 is 0 Å². The molecule has 35 heavy (non-hydrogen) atoms. The number of aliphatic hydroxyl groups is 6. The number of rotatable bonds is 12. The van der Waals surface area contributed by atoms with E-state index in [4.69, 9.17) is 18.9 Å². The first-order valence-corrected chi connectivity index (χ1v) is 11.5. The number of hydrogen-bond donors (Lipinski definition) is 7. The van der Waals surface area contributed by atoms with Crippen molar-refractivity contribution in [1.29, 1.82) is 0 Å². The van der Waals surface area contributed by atoms with E-state index in [-0.39, 0.29) is 19.0 Å². The molecule has 7 N–H and O–H groups in total. The Labute approximate surface area is 202 Å². The van der Waals surface area contributed by atoms with Crippen molar-refractivity contribution in [2.75, 3.05) is 26.9 Å². The van der Waals surface area contributed by atoms with Gasteiger partial charge in [-0.3, -0.25) is 9.59 Å². The summed E-state index contributed by atoms with van der Waals surface area (Å²) in [5.74, 6) is -0.831. The van der Waals surface area contributed by atoms with Gasteiger partial charge < -0.3 is 59.6 Å². The van der Waals surface area contributed by atoms with Crippen LogP contribution in [0.5, 0.6) is 0 Å². The van der Waals surface area contributed by atoms with Gasteiger partial charge >= 0.3 is 5.97 Å². The maximum absolute atomic E-state index is 11.9. The zero-order chi connectivity index (χ0) is 26.1. The van der Waals surface area contributed by atoms with E-state index in [1.807, 2.05) is 0 Å². The number of unbranched alkanes of at least 4 members (excludes halogenated alkanes) is 2. The van der Waals surface area contributed by atoms with Crippen LogP contribution in [0.4, 0.5) is 0 Å². The number of methoxy groups -OCH3 is 1. The lowest BCUT2D eigenvalue weighted by atomic mass is 9.95. The molecule has 2 saturated heterocycles. The van der Waals surface area contributed by atoms with E-state index < -0.39 is 80.5 Å². The quantitative estimate of drug-likeness (QED) is 0.100. The summed E-state index contributed by atoms with van der Waals surface area (Å²) in [7, 11) is 1.31. The van der Waals surface area contributed by atoms with E-state index in [2.05, 4.69) is 10.1 Å². The van der Waals surface area contributed by atoms with Gasteiger partial charge in [0, 0.05) is 20.0 Å². The van der Waals surface area contributed by atoms with Crippen LogP contribution in [-0.4, -0.2) is 131 Å². The lowest BCUT2D eigenvalue weighted by molar-refractivity contribution is -0.344. The smallest absolute Gasteiger partial charge is 0.305 e. The second-order valence-electron chi connectivity index (χ2n) is 8.50. The summed E-state index contributed by atoms with van der Waals surface area (Å²) < 4.78 is 27.0. The van der Waals surface area contributed by atoms with Crippen LogP contribution in [0.1, 0.15) is 32.6 Å². The zero-order valence-electron chi connectivity index (χ0n) is 19.8. The summed E-state index contributed by atoms with van der Waals surface area (Å²) in [6.45, 7) is 0.0704. The van der Waals surface area contributed by atoms with Gasteiger partial charge in [-0.1, -0.05) is 6.42 Å². The molecule has 0 aromatic rings. The minimum Gasteiger partial charge on any atom is -0.469 e. The van der Waals surface area contributed by atoms with Crippen LogP contribution in [-0.2, 0) is 33.3 Å². The summed E-state index contributed by atoms with van der Waals surface area (Å²) in [5, 5.41) is 62.7. The van der Waals surface area contributed by atoms with E-state index in [1.54, 1.807) is 0 Å². The summed E-state index contributed by atoms with van der Waals surface area (Å²) in [6.07, 6.45) is -11.1. The molecule has 0 spiro atoms. The molecular weight excluding hydrogens is 474 g/mol. The second kappa shape index (κ2) is 14.3. The minimum absolute atomic E-state index is 0.156. The summed E-state index contributed by atoms with van der Waals surface area (Å²) in [5.41, 5.74) is 0. The van der Waals surface area contributed by atoms with Crippen molar-refractivity contribution in [2.24, 2.45) is 0 Å². The first-order chi connectivity index (χ1) is 16.6. The Bertz CT molecular complexity index is 665. The third-order valence-corrected chi connectivity index (χ3v) is 5.90. The number of carbonyl (C=O) groups is 2. The maximum Gasteiger partial charge on any atom is 0.305 e. The van der Waals surface area contributed by atoms with Gasteiger partial charge in [-0.05, 0) is 12.8 Å². The van der Waals surface area contributed by atoms with E-state index >= 15 is 0 Å². The third-order valence-electron chi connectivity index (χ3n) is 5.90. The molecular formula is C21H37NO13. The minimum atomic E-state index is -1.75. The fraction of sp³-hybridized carbons (Fsp3) is 0.905. The Morgan fingerprint density at radius 3 is 2.09 bits per heavy atom. The monoisotopic (exact) mass is 511 g/mol. The molecule has 14 nitrogen and oxygen atoms in total. The number of esters is 1. The number of carbonyl (C=O) groups excluding carboxylic acids is 2. The van der Waals surface area contributed by atoms with Crippen LogP contribution in [0.15, 0.2) is 0 Å². The van der Waals surface area contributed by atoms with Gasteiger partial charge in [-0.25, -0.2) is 0 Å². The molecule has 2 fully saturated rings. The molecule has 0 radical (unpaired) electrons. The first kappa shape index (κ1) is 29.8. The van der Waals surface area contributed by atoms with Crippen LogP contribution in [0, 0.1) is 0 Å². The SMILES string of the molecule is COC(=O)CCCCCO[C@@H]1O[C@H](CO)[C@@H](O)[C@H](O[C@@H]2O[C@H](CO)[C@H](O)[C@H](O)[C@H]2O)[C@H]1NC(C)=O. The molecule has 0 saturated carbocycles. The molecule has 0 aromatic carbocycles. The Morgan fingerprint density at radius 2 is 1.49 bits per heavy atom. The predicted octanol–water partition coefficient (Wildman–Crippen LogP) is -3.50. The molecule has 204 valence electrons. The first-order valence-electron chi connectivity index (χ1n) is 11.5. The molecule has 0 aliphatic carbocycles. The van der Waals surface area contributed by atoms with Gasteiger partial charge in [0.2, 0.25) is 5.91 Å². The standard InChI is InChI=1S/C21H37NO13/c1-10(25)22-14-19(35-21-18(30)17(29)15(27)11(8-23)34-21)16(28)12(9-24)33-20(14)32-7-5-3-4-6-13(26)31-2/h11-12,14-21,23-24,27-30H,3-9H2,1-2H3,(H,22,25)/t11-,12-,14-,15+,16-,17+,18-,19-,20-,21+/m1/s1. The fourth-order valence-corrected chi connectivity index (χ4v) is 3.94. The molecule has 10 atom stereocenters. The zero-order valence-corrected chi connectivity index (χ0v) is 19.8. The number of amides is 1. The summed E-state index contributed by atoms with van der Waals surface area (Å²) in [4.78, 5) is 23.1. The average molecular weight is 512 g/mol. The van der Waals surface area contributed by atoms with Crippen molar-refractivity contribution in [2.45, 2.75) is 94.0 Å². The fourth-order valence-electron chi connectivity index (χ4n) is 3.94. The highest BCUT2D eigenvalue weighted by atomic mass is 16.7. The molecule has 0 bridgehead atoms. The Hall–Kier alpha value is -1.46. The topological polar surface area (TPSA) is 214 Å². The van der Waals surface area contributed by atoms with Gasteiger partial charge in [0.25, 0.3) is 0 Å². The van der Waals surface area contributed by atoms with E-state index in [9.17, 15) is 40.2 Å². The van der Waals surface area contributed by atoms with Crippen molar-refractivity contribution >= 4 is 11.9 Å². The summed E-state index contributed by atoms with van der Waals surface area (Å²) in [6, 6.07) is -1.12. The molecule has 2 aliphatic heterocycles. The normalized spacial score (nSPS) is 37.6. The van der Waals surface area contributed by atoms with Crippen LogP contribution in [0.25, 0.3) is 0 Å². The highest BCUT2D eigenvalue weighted by Gasteiger charge is 2.51. The molecule has 2 rings (SSSR count). The lowest BCUT2D eigenvalue weighted by Crippen LogP contribution is -2.68. The maximum atomic E-state index is 11.9. The number of ether oxygens (including phenoxy) is 5. The predicted molar refractivity (Wildman–Crippen MR) is 114 cm³/mol. The highest BCUT2D eigenvalue weighted by Crippen LogP contribution is 2.29. The van der Waals surface area contributed by atoms with Crippen LogP contribution in [0.3, 0.4) is 0 Å². The Balaban J connectivity index is 2.11. The highest BCUT2D eigenvalue weighted by molar-refractivity contribution is 5.73. The van der Waals surface area contributed by atoms with Crippen molar-refractivity contribution < 1.29 is 63.9 Å². The molecule has 1 amide bonds. The van der Waals surface area contributed by atoms with Crippen molar-refractivity contribution in [1.82, 2.24) is 5.32 Å². The third kappa shape index (κ3) is 8.01. The molecule has 14 heteroatoms. The van der Waals surface area contributed by atoms with Crippen molar-refractivity contribution in [3.8, 4) is 0 Å². The Kier molecular flexibility index (Phi) is 12.2. The summed E-state index contributed by atoms with van der Waals surface area (Å²) >= 11 is 0. The van der Waals surface area contributed by atoms with Crippen LogP contribution < -0.4 is 5.32 Å². The molecule has 0 unspecified atom stereocenters. The number of nitrogens with one attached hydrogen (secondary N) is 1. The molecule has 2 heterocycles. The van der Waals surface area contributed by atoms with Gasteiger partial charge in [0.15, 0.2) is 12.6 Å².